The molecule has 1 unspecified atom stereocenters. The fourth-order valence-electron chi connectivity index (χ4n) is 1.72. The Morgan fingerprint density at radius 1 is 1.22 bits per heavy atom. The summed E-state index contributed by atoms with van der Waals surface area (Å²) >= 11 is 0. The lowest BCUT2D eigenvalue weighted by atomic mass is 10.0. The topological polar surface area (TPSA) is 93.1 Å². The fraction of sp³-hybridized carbons (Fsp3) is 0.167. The van der Waals surface area contributed by atoms with E-state index in [1.165, 1.54) is 18.2 Å². The van der Waals surface area contributed by atoms with Gasteiger partial charge in [-0.15, -0.1) is 0 Å². The predicted octanol–water partition coefficient (Wildman–Crippen LogP) is 1.64. The molecule has 2 rings (SSSR count). The summed E-state index contributed by atoms with van der Waals surface area (Å²) in [5, 5.41) is 17.9. The summed E-state index contributed by atoms with van der Waals surface area (Å²) < 4.78 is 10.2. The lowest BCUT2D eigenvalue weighted by Crippen LogP contribution is -2.10. The van der Waals surface area contributed by atoms with Crippen molar-refractivity contribution in [2.24, 2.45) is 0 Å². The van der Waals surface area contributed by atoms with E-state index in [9.17, 15) is 9.59 Å². The van der Waals surface area contributed by atoms with Gasteiger partial charge in [0.05, 0.1) is 11.1 Å². The zero-order valence-corrected chi connectivity index (χ0v) is 9.25. The van der Waals surface area contributed by atoms with Gasteiger partial charge in [0.15, 0.2) is 6.79 Å². The van der Waals surface area contributed by atoms with Gasteiger partial charge < -0.3 is 19.7 Å². The Labute approximate surface area is 102 Å². The number of carboxylic acids is 2. The quantitative estimate of drug-likeness (QED) is 0.847. The van der Waals surface area contributed by atoms with Crippen molar-refractivity contribution >= 4 is 11.9 Å². The maximum absolute atomic E-state index is 11.0. The van der Waals surface area contributed by atoms with Crippen LogP contribution in [0.2, 0.25) is 0 Å². The molecule has 1 atom stereocenters. The second-order valence-electron chi connectivity index (χ2n) is 3.69. The summed E-state index contributed by atoms with van der Waals surface area (Å²) in [4.78, 5) is 21.9. The molecule has 2 N–H and O–H groups in total. The number of aromatic carboxylic acids is 2. The Morgan fingerprint density at radius 3 is 2.39 bits per heavy atom. The average Bonchev–Trinajstić information content (AvgIpc) is 2.74. The molecule has 0 bridgehead atoms. The highest BCUT2D eigenvalue weighted by molar-refractivity contribution is 6.01. The van der Waals surface area contributed by atoms with Crippen molar-refractivity contribution in [2.75, 3.05) is 6.79 Å². The first-order valence-electron chi connectivity index (χ1n) is 5.04. The Morgan fingerprint density at radius 2 is 1.89 bits per heavy atom. The summed E-state index contributed by atoms with van der Waals surface area (Å²) in [6, 6.07) is 3.98. The van der Waals surface area contributed by atoms with Gasteiger partial charge >= 0.3 is 11.9 Å². The second kappa shape index (κ2) is 4.50. The number of carbonyl (C=O) groups is 2. The van der Waals surface area contributed by atoms with E-state index in [0.717, 1.165) is 0 Å². The lowest BCUT2D eigenvalue weighted by molar-refractivity contribution is 0.0493. The molecule has 0 saturated carbocycles. The zero-order chi connectivity index (χ0) is 13.3. The molecule has 6 heteroatoms. The van der Waals surface area contributed by atoms with E-state index in [4.69, 9.17) is 19.7 Å². The van der Waals surface area contributed by atoms with Crippen LogP contribution in [-0.2, 0) is 9.47 Å². The van der Waals surface area contributed by atoms with Crippen LogP contribution in [0.1, 0.15) is 32.4 Å². The van der Waals surface area contributed by atoms with Gasteiger partial charge in [-0.2, -0.15) is 0 Å². The molecular formula is C12H10O6. The number of ether oxygens (including phenoxy) is 2. The smallest absolute Gasteiger partial charge is 0.336 e. The minimum absolute atomic E-state index is 0.0482. The molecule has 0 spiro atoms. The molecule has 1 aliphatic rings. The monoisotopic (exact) mass is 250 g/mol. The van der Waals surface area contributed by atoms with Crippen LogP contribution >= 0.6 is 0 Å². The van der Waals surface area contributed by atoms with E-state index in [-0.39, 0.29) is 17.9 Å². The number of rotatable bonds is 3. The Hall–Kier alpha value is -2.34. The van der Waals surface area contributed by atoms with Gasteiger partial charge in [-0.1, -0.05) is 12.6 Å². The molecule has 1 aliphatic heterocycles. The third kappa shape index (κ3) is 2.05. The molecule has 0 amide bonds. The van der Waals surface area contributed by atoms with Crippen LogP contribution in [0.5, 0.6) is 0 Å². The van der Waals surface area contributed by atoms with Crippen molar-refractivity contribution in [3.8, 4) is 0 Å². The number of carboxylic acid groups (broad SMARTS) is 2. The molecule has 1 heterocycles. The molecule has 1 saturated heterocycles. The van der Waals surface area contributed by atoms with Crippen LogP contribution in [-0.4, -0.2) is 28.9 Å². The first-order valence-corrected chi connectivity index (χ1v) is 5.04. The Balaban J connectivity index is 2.46. The minimum Gasteiger partial charge on any atom is -0.478 e. The number of hydrogen-bond donors (Lipinski definition) is 2. The van der Waals surface area contributed by atoms with Crippen molar-refractivity contribution in [2.45, 2.75) is 6.10 Å². The van der Waals surface area contributed by atoms with Crippen LogP contribution in [0, 0.1) is 0 Å². The third-order valence-electron chi connectivity index (χ3n) is 2.58. The summed E-state index contributed by atoms with van der Waals surface area (Å²) in [5.41, 5.74) is -0.0565. The first-order chi connectivity index (χ1) is 8.50. The molecule has 0 aromatic heterocycles. The maximum Gasteiger partial charge on any atom is 0.336 e. The van der Waals surface area contributed by atoms with Crippen LogP contribution in [0.25, 0.3) is 0 Å². The largest absolute Gasteiger partial charge is 0.478 e. The highest BCUT2D eigenvalue weighted by Gasteiger charge is 2.26. The first kappa shape index (κ1) is 12.1. The zero-order valence-electron chi connectivity index (χ0n) is 9.25. The van der Waals surface area contributed by atoms with E-state index < -0.39 is 18.0 Å². The molecule has 0 radical (unpaired) electrons. The van der Waals surface area contributed by atoms with Crippen LogP contribution in [0.3, 0.4) is 0 Å². The molecular weight excluding hydrogens is 240 g/mol. The van der Waals surface area contributed by atoms with E-state index in [1.54, 1.807) is 0 Å². The summed E-state index contributed by atoms with van der Waals surface area (Å²) in [5.74, 6) is -2.23. The standard InChI is InChI=1S/C12H10O6/c1-6-10(18-5-17-6)7-2-3-8(11(13)14)9(4-7)12(15)16/h2-4,10H,1,5H2,(H,13,14)(H,15,16). The minimum atomic E-state index is -1.31. The van der Waals surface area contributed by atoms with E-state index >= 15 is 0 Å². The molecule has 0 aliphatic carbocycles. The Kier molecular flexibility index (Phi) is 3.03. The average molecular weight is 250 g/mol. The summed E-state index contributed by atoms with van der Waals surface area (Å²) in [6.07, 6.45) is -0.564. The van der Waals surface area contributed by atoms with Crippen molar-refractivity contribution in [3.05, 3.63) is 47.2 Å². The van der Waals surface area contributed by atoms with Crippen LogP contribution in [0.15, 0.2) is 30.5 Å². The summed E-state index contributed by atoms with van der Waals surface area (Å²) in [6.45, 7) is 3.68. The van der Waals surface area contributed by atoms with E-state index in [0.29, 0.717) is 11.3 Å². The highest BCUT2D eigenvalue weighted by Crippen LogP contribution is 2.31. The number of benzene rings is 1. The van der Waals surface area contributed by atoms with Crippen molar-refractivity contribution in [1.82, 2.24) is 0 Å². The van der Waals surface area contributed by atoms with Gasteiger partial charge in [-0.25, -0.2) is 9.59 Å². The van der Waals surface area contributed by atoms with Crippen LogP contribution < -0.4 is 0 Å². The van der Waals surface area contributed by atoms with Gasteiger partial charge in [-0.05, 0) is 17.7 Å². The van der Waals surface area contributed by atoms with Gasteiger partial charge in [0.2, 0.25) is 0 Å². The Bertz CT molecular complexity index is 533. The fourth-order valence-corrected chi connectivity index (χ4v) is 1.72. The maximum atomic E-state index is 11.0. The van der Waals surface area contributed by atoms with Crippen molar-refractivity contribution in [1.29, 1.82) is 0 Å². The normalized spacial score (nSPS) is 18.4. The molecule has 94 valence electrons. The SMILES string of the molecule is C=C1OCOC1c1ccc(C(=O)O)c(C(=O)O)c1. The summed E-state index contributed by atoms with van der Waals surface area (Å²) in [7, 11) is 0. The van der Waals surface area contributed by atoms with Gasteiger partial charge in [0.1, 0.15) is 11.9 Å². The van der Waals surface area contributed by atoms with Crippen molar-refractivity contribution < 1.29 is 29.3 Å². The molecule has 6 nitrogen and oxygen atoms in total. The van der Waals surface area contributed by atoms with E-state index in [2.05, 4.69) is 6.58 Å². The number of hydrogen-bond acceptors (Lipinski definition) is 4. The molecule has 1 aromatic carbocycles. The van der Waals surface area contributed by atoms with E-state index in [1.807, 2.05) is 0 Å². The van der Waals surface area contributed by atoms with Gasteiger partial charge in [0, 0.05) is 0 Å². The van der Waals surface area contributed by atoms with Gasteiger partial charge in [-0.3, -0.25) is 0 Å². The second-order valence-corrected chi connectivity index (χ2v) is 3.69. The predicted molar refractivity (Wildman–Crippen MR) is 59.3 cm³/mol. The highest BCUT2D eigenvalue weighted by atomic mass is 16.7. The van der Waals surface area contributed by atoms with Crippen molar-refractivity contribution in [3.63, 3.8) is 0 Å². The molecule has 1 fully saturated rings. The van der Waals surface area contributed by atoms with Gasteiger partial charge in [0.25, 0.3) is 0 Å². The lowest BCUT2D eigenvalue weighted by Gasteiger charge is -2.10. The van der Waals surface area contributed by atoms with Crippen LogP contribution in [0.4, 0.5) is 0 Å². The molecule has 1 aromatic rings. The molecule has 18 heavy (non-hydrogen) atoms. The third-order valence-corrected chi connectivity index (χ3v) is 2.58.